The number of amides is 1. The number of rotatable bonds is 7. The number of hydrogen-bond acceptors (Lipinski definition) is 3. The quantitative estimate of drug-likeness (QED) is 0.846. The fraction of sp³-hybridized carbons (Fsp3) is 0.444. The van der Waals surface area contributed by atoms with Crippen LogP contribution in [0.2, 0.25) is 0 Å². The van der Waals surface area contributed by atoms with E-state index < -0.39 is 6.10 Å². The van der Waals surface area contributed by atoms with Gasteiger partial charge in [-0.25, -0.2) is 4.39 Å². The van der Waals surface area contributed by atoms with Gasteiger partial charge in [-0.15, -0.1) is 0 Å². The number of carbonyl (C=O) groups is 1. The number of aliphatic hydroxyl groups is 1. The van der Waals surface area contributed by atoms with Gasteiger partial charge in [0.1, 0.15) is 5.82 Å². The molecule has 1 amide bonds. The van der Waals surface area contributed by atoms with E-state index in [4.69, 9.17) is 0 Å². The van der Waals surface area contributed by atoms with E-state index in [-0.39, 0.29) is 24.3 Å². The second-order valence-electron chi connectivity index (χ2n) is 6.37. The number of aliphatic hydroxyl groups excluding tert-OH is 1. The molecule has 5 nitrogen and oxygen atoms in total. The fourth-order valence-corrected chi connectivity index (χ4v) is 2.81. The molecule has 0 saturated heterocycles. The predicted molar refractivity (Wildman–Crippen MR) is 87.6 cm³/mol. The zero-order chi connectivity index (χ0) is 17.1. The zero-order valence-corrected chi connectivity index (χ0v) is 13.7. The second kappa shape index (κ2) is 7.13. The average Bonchev–Trinajstić information content (AvgIpc) is 3.32. The van der Waals surface area contributed by atoms with Crippen molar-refractivity contribution in [2.45, 2.75) is 37.8 Å². The van der Waals surface area contributed by atoms with Gasteiger partial charge in [0, 0.05) is 25.7 Å². The topological polar surface area (TPSA) is 58.4 Å². The molecular weight excluding hydrogens is 309 g/mol. The minimum atomic E-state index is -0.798. The number of carbonyl (C=O) groups excluding carboxylic acids is 1. The molecule has 1 unspecified atom stereocenters. The van der Waals surface area contributed by atoms with Gasteiger partial charge in [-0.3, -0.25) is 9.48 Å². The summed E-state index contributed by atoms with van der Waals surface area (Å²) in [4.78, 5) is 14.3. The van der Waals surface area contributed by atoms with Crippen LogP contribution >= 0.6 is 0 Å². The summed E-state index contributed by atoms with van der Waals surface area (Å²) < 4.78 is 14.7. The van der Waals surface area contributed by atoms with Crippen molar-refractivity contribution in [2.75, 3.05) is 6.54 Å². The van der Waals surface area contributed by atoms with Gasteiger partial charge in [-0.05, 0) is 42.5 Å². The minimum Gasteiger partial charge on any atom is -0.387 e. The third-order valence-corrected chi connectivity index (χ3v) is 4.32. The Kier molecular flexibility index (Phi) is 4.94. The Balaban J connectivity index is 1.59. The van der Waals surface area contributed by atoms with E-state index >= 15 is 0 Å². The van der Waals surface area contributed by atoms with Gasteiger partial charge in [0.05, 0.1) is 18.8 Å². The molecule has 2 aromatic rings. The Hall–Kier alpha value is -2.21. The second-order valence-corrected chi connectivity index (χ2v) is 6.37. The molecule has 6 heteroatoms. The van der Waals surface area contributed by atoms with Crippen LogP contribution in [0.1, 0.15) is 36.5 Å². The zero-order valence-electron chi connectivity index (χ0n) is 13.7. The lowest BCUT2D eigenvalue weighted by molar-refractivity contribution is -0.133. The summed E-state index contributed by atoms with van der Waals surface area (Å²) >= 11 is 0. The van der Waals surface area contributed by atoms with Crippen LogP contribution in [0.4, 0.5) is 4.39 Å². The van der Waals surface area contributed by atoms with Gasteiger partial charge in [0.15, 0.2) is 0 Å². The molecule has 1 aliphatic rings. The van der Waals surface area contributed by atoms with Crippen molar-refractivity contribution < 1.29 is 14.3 Å². The first-order valence-electron chi connectivity index (χ1n) is 8.23. The summed E-state index contributed by atoms with van der Waals surface area (Å²) in [6, 6.07) is 5.99. The lowest BCUT2D eigenvalue weighted by atomic mass is 10.1. The molecule has 0 bridgehead atoms. The maximum Gasteiger partial charge on any atom is 0.223 e. The average molecular weight is 331 g/mol. The molecule has 3 rings (SSSR count). The van der Waals surface area contributed by atoms with Crippen molar-refractivity contribution in [2.24, 2.45) is 7.05 Å². The van der Waals surface area contributed by atoms with Crippen LogP contribution in [0, 0.1) is 5.82 Å². The number of benzene rings is 1. The molecular formula is C18H22FN3O2. The molecule has 128 valence electrons. The number of hydrogen-bond donors (Lipinski definition) is 1. The number of aryl methyl sites for hydroxylation is 2. The highest BCUT2D eigenvalue weighted by atomic mass is 19.1. The monoisotopic (exact) mass is 331 g/mol. The Morgan fingerprint density at radius 3 is 2.71 bits per heavy atom. The molecule has 1 aromatic heterocycles. The van der Waals surface area contributed by atoms with Crippen molar-refractivity contribution >= 4 is 5.91 Å². The molecule has 0 aliphatic heterocycles. The molecule has 24 heavy (non-hydrogen) atoms. The van der Waals surface area contributed by atoms with Crippen LogP contribution < -0.4 is 0 Å². The number of aromatic nitrogens is 2. The molecule has 1 fully saturated rings. The highest BCUT2D eigenvalue weighted by Gasteiger charge is 2.33. The standard InChI is InChI=1S/C18H22FN3O2/c1-21-11-13(10-20-21)2-9-18(24)22(16-7-8-16)12-17(23)14-3-5-15(19)6-4-14/h3-6,10-11,16-17,23H,2,7-9,12H2,1H3. The van der Waals surface area contributed by atoms with Crippen LogP contribution in [0.5, 0.6) is 0 Å². The molecule has 1 saturated carbocycles. The fourth-order valence-electron chi connectivity index (χ4n) is 2.81. The third-order valence-electron chi connectivity index (χ3n) is 4.32. The van der Waals surface area contributed by atoms with Crippen molar-refractivity contribution in [1.29, 1.82) is 0 Å². The van der Waals surface area contributed by atoms with Gasteiger partial charge in [0.25, 0.3) is 0 Å². The summed E-state index contributed by atoms with van der Waals surface area (Å²) in [5.74, 6) is -0.292. The molecule has 0 radical (unpaired) electrons. The first kappa shape index (κ1) is 16.6. The van der Waals surface area contributed by atoms with Crippen LogP contribution in [-0.4, -0.2) is 38.3 Å². The van der Waals surface area contributed by atoms with Crippen molar-refractivity contribution in [3.63, 3.8) is 0 Å². The SMILES string of the molecule is Cn1cc(CCC(=O)N(CC(O)c2ccc(F)cc2)C2CC2)cn1. The van der Waals surface area contributed by atoms with Crippen LogP contribution in [0.25, 0.3) is 0 Å². The van der Waals surface area contributed by atoms with E-state index in [2.05, 4.69) is 5.10 Å². The highest BCUT2D eigenvalue weighted by Crippen LogP contribution is 2.29. The predicted octanol–water partition coefficient (Wildman–Crippen LogP) is 2.22. The van der Waals surface area contributed by atoms with Gasteiger partial charge >= 0.3 is 0 Å². The highest BCUT2D eigenvalue weighted by molar-refractivity contribution is 5.77. The molecule has 1 atom stereocenters. The number of nitrogens with zero attached hydrogens (tertiary/aromatic N) is 3. The maximum atomic E-state index is 13.0. The van der Waals surface area contributed by atoms with Crippen molar-refractivity contribution in [1.82, 2.24) is 14.7 Å². The molecule has 1 aromatic carbocycles. The summed E-state index contributed by atoms with van der Waals surface area (Å²) in [5.41, 5.74) is 1.66. The summed E-state index contributed by atoms with van der Waals surface area (Å²) in [6.07, 6.45) is 5.88. The molecule has 1 aliphatic carbocycles. The summed E-state index contributed by atoms with van der Waals surface area (Å²) in [5, 5.41) is 14.5. The summed E-state index contributed by atoms with van der Waals surface area (Å²) in [6.45, 7) is 0.252. The van der Waals surface area contributed by atoms with Crippen LogP contribution in [0.15, 0.2) is 36.7 Å². The van der Waals surface area contributed by atoms with Gasteiger partial charge in [0.2, 0.25) is 5.91 Å². The molecule has 1 heterocycles. The van der Waals surface area contributed by atoms with Crippen LogP contribution in [-0.2, 0) is 18.3 Å². The normalized spacial score (nSPS) is 15.3. The van der Waals surface area contributed by atoms with Crippen molar-refractivity contribution in [3.8, 4) is 0 Å². The Morgan fingerprint density at radius 1 is 1.42 bits per heavy atom. The van der Waals surface area contributed by atoms with Gasteiger partial charge in [-0.1, -0.05) is 12.1 Å². The van der Waals surface area contributed by atoms with E-state index in [0.29, 0.717) is 18.4 Å². The van der Waals surface area contributed by atoms with Gasteiger partial charge in [-0.2, -0.15) is 5.10 Å². The summed E-state index contributed by atoms with van der Waals surface area (Å²) in [7, 11) is 1.85. The third kappa shape index (κ3) is 4.20. The first-order chi connectivity index (χ1) is 11.5. The smallest absolute Gasteiger partial charge is 0.223 e. The van der Waals surface area contributed by atoms with E-state index in [9.17, 15) is 14.3 Å². The Labute approximate surface area is 140 Å². The van der Waals surface area contributed by atoms with E-state index in [1.54, 1.807) is 27.9 Å². The number of halogens is 1. The molecule has 1 N–H and O–H groups in total. The lowest BCUT2D eigenvalue weighted by Crippen LogP contribution is -2.36. The van der Waals surface area contributed by atoms with Gasteiger partial charge < -0.3 is 10.0 Å². The Bertz CT molecular complexity index is 695. The van der Waals surface area contributed by atoms with E-state index in [1.165, 1.54) is 12.1 Å². The maximum absolute atomic E-state index is 13.0. The van der Waals surface area contributed by atoms with E-state index in [1.807, 2.05) is 13.2 Å². The van der Waals surface area contributed by atoms with E-state index in [0.717, 1.165) is 18.4 Å². The largest absolute Gasteiger partial charge is 0.387 e. The lowest BCUT2D eigenvalue weighted by Gasteiger charge is -2.25. The van der Waals surface area contributed by atoms with Crippen LogP contribution in [0.3, 0.4) is 0 Å². The molecule has 0 spiro atoms. The first-order valence-corrected chi connectivity index (χ1v) is 8.23. The minimum absolute atomic E-state index is 0.0440. The van der Waals surface area contributed by atoms with Crippen molar-refractivity contribution in [3.05, 3.63) is 53.6 Å². The Morgan fingerprint density at radius 2 is 2.12 bits per heavy atom.